The summed E-state index contributed by atoms with van der Waals surface area (Å²) in [6.07, 6.45) is 2.77. The van der Waals surface area contributed by atoms with Gasteiger partial charge in [0, 0.05) is 5.69 Å². The van der Waals surface area contributed by atoms with Crippen molar-refractivity contribution in [3.05, 3.63) is 29.8 Å². The molecule has 3 rings (SSSR count). The van der Waals surface area contributed by atoms with Gasteiger partial charge in [0.05, 0.1) is 18.5 Å². The van der Waals surface area contributed by atoms with Gasteiger partial charge in [0.25, 0.3) is 0 Å². The summed E-state index contributed by atoms with van der Waals surface area (Å²) >= 11 is 0. The predicted octanol–water partition coefficient (Wildman–Crippen LogP) is 2.79. The SMILES string of the molecule is Cc1cccc(NCN2C(=O)[C@H]3CC[C@H](C)C[C@@H]3C2=O)c1. The van der Waals surface area contributed by atoms with Crippen molar-refractivity contribution in [3.8, 4) is 0 Å². The fourth-order valence-electron chi connectivity index (χ4n) is 3.54. The molecule has 0 bridgehead atoms. The van der Waals surface area contributed by atoms with E-state index in [1.807, 2.05) is 31.2 Å². The third kappa shape index (κ3) is 2.67. The lowest BCUT2D eigenvalue weighted by molar-refractivity contribution is -0.139. The molecule has 2 amide bonds. The Bertz CT molecular complexity index is 570. The summed E-state index contributed by atoms with van der Waals surface area (Å²) in [6.45, 7) is 4.47. The van der Waals surface area contributed by atoms with Gasteiger partial charge in [-0.15, -0.1) is 0 Å². The Hall–Kier alpha value is -1.84. The van der Waals surface area contributed by atoms with Gasteiger partial charge in [0.15, 0.2) is 0 Å². The van der Waals surface area contributed by atoms with Crippen molar-refractivity contribution in [1.29, 1.82) is 0 Å². The molecule has 1 saturated heterocycles. The van der Waals surface area contributed by atoms with E-state index in [0.717, 1.165) is 30.5 Å². The van der Waals surface area contributed by atoms with Gasteiger partial charge in [0.1, 0.15) is 0 Å². The second-order valence-electron chi connectivity index (χ2n) is 6.44. The second kappa shape index (κ2) is 5.51. The standard InChI is InChI=1S/C17H22N2O2/c1-11-4-3-5-13(8-11)18-10-19-16(20)14-7-6-12(2)9-15(14)17(19)21/h3-5,8,12,14-15,18H,6-7,9-10H2,1-2H3/t12-,14-,15-/m0/s1. The van der Waals surface area contributed by atoms with Gasteiger partial charge >= 0.3 is 0 Å². The molecule has 21 heavy (non-hydrogen) atoms. The molecule has 1 aromatic carbocycles. The minimum absolute atomic E-state index is 0.0108. The van der Waals surface area contributed by atoms with E-state index in [1.54, 1.807) is 0 Å². The van der Waals surface area contributed by atoms with Crippen molar-refractivity contribution < 1.29 is 9.59 Å². The zero-order chi connectivity index (χ0) is 15.0. The lowest BCUT2D eigenvalue weighted by atomic mass is 9.76. The van der Waals surface area contributed by atoms with Crippen LogP contribution in [-0.2, 0) is 9.59 Å². The van der Waals surface area contributed by atoms with Crippen LogP contribution < -0.4 is 5.32 Å². The Labute approximate surface area is 125 Å². The third-order valence-electron chi connectivity index (χ3n) is 4.74. The van der Waals surface area contributed by atoms with E-state index in [1.165, 1.54) is 4.90 Å². The maximum absolute atomic E-state index is 12.4. The summed E-state index contributed by atoms with van der Waals surface area (Å²) in [5.74, 6) is 0.412. The summed E-state index contributed by atoms with van der Waals surface area (Å²) in [5.41, 5.74) is 2.10. The average molecular weight is 286 g/mol. The number of amides is 2. The third-order valence-corrected chi connectivity index (χ3v) is 4.74. The molecule has 112 valence electrons. The number of hydrogen-bond donors (Lipinski definition) is 1. The zero-order valence-electron chi connectivity index (χ0n) is 12.6. The summed E-state index contributed by atoms with van der Waals surface area (Å²) < 4.78 is 0. The van der Waals surface area contributed by atoms with Gasteiger partial charge in [-0.2, -0.15) is 0 Å². The summed E-state index contributed by atoms with van der Waals surface area (Å²) in [4.78, 5) is 26.3. The second-order valence-corrected chi connectivity index (χ2v) is 6.44. The lowest BCUT2D eigenvalue weighted by Crippen LogP contribution is -2.35. The van der Waals surface area contributed by atoms with Crippen LogP contribution in [0, 0.1) is 24.7 Å². The van der Waals surface area contributed by atoms with Crippen LogP contribution in [0.5, 0.6) is 0 Å². The first-order chi connectivity index (χ1) is 10.1. The van der Waals surface area contributed by atoms with Crippen LogP contribution in [0.4, 0.5) is 5.69 Å². The molecule has 0 unspecified atom stereocenters. The quantitative estimate of drug-likeness (QED) is 0.869. The number of likely N-dealkylation sites (tertiary alicyclic amines) is 1. The molecule has 1 N–H and O–H groups in total. The van der Waals surface area contributed by atoms with Gasteiger partial charge < -0.3 is 5.32 Å². The van der Waals surface area contributed by atoms with Crippen LogP contribution in [-0.4, -0.2) is 23.4 Å². The van der Waals surface area contributed by atoms with Crippen LogP contribution in [0.2, 0.25) is 0 Å². The maximum Gasteiger partial charge on any atom is 0.234 e. The highest BCUT2D eigenvalue weighted by molar-refractivity contribution is 6.05. The average Bonchev–Trinajstić information content (AvgIpc) is 2.69. The largest absolute Gasteiger partial charge is 0.367 e. The van der Waals surface area contributed by atoms with Crippen LogP contribution in [0.1, 0.15) is 31.7 Å². The molecule has 1 heterocycles. The molecule has 4 nitrogen and oxygen atoms in total. The number of fused-ring (bicyclic) bond motifs is 1. The Morgan fingerprint density at radius 3 is 2.71 bits per heavy atom. The molecule has 3 atom stereocenters. The van der Waals surface area contributed by atoms with E-state index in [9.17, 15) is 9.59 Å². The van der Waals surface area contributed by atoms with E-state index in [-0.39, 0.29) is 30.3 Å². The number of carbonyl (C=O) groups is 2. The lowest BCUT2D eigenvalue weighted by Gasteiger charge is -2.25. The normalized spacial score (nSPS) is 28.7. The minimum atomic E-state index is -0.0828. The van der Waals surface area contributed by atoms with Crippen molar-refractivity contribution in [2.45, 2.75) is 33.1 Å². The van der Waals surface area contributed by atoms with Crippen LogP contribution in [0.25, 0.3) is 0 Å². The van der Waals surface area contributed by atoms with Crippen molar-refractivity contribution >= 4 is 17.5 Å². The van der Waals surface area contributed by atoms with Crippen molar-refractivity contribution in [2.24, 2.45) is 17.8 Å². The number of carbonyl (C=O) groups excluding carboxylic acids is 2. The van der Waals surface area contributed by atoms with Gasteiger partial charge in [-0.1, -0.05) is 19.1 Å². The smallest absolute Gasteiger partial charge is 0.234 e. The molecule has 1 saturated carbocycles. The minimum Gasteiger partial charge on any atom is -0.367 e. The Kier molecular flexibility index (Phi) is 3.70. The molecule has 4 heteroatoms. The molecule has 2 fully saturated rings. The number of hydrogen-bond acceptors (Lipinski definition) is 3. The molecular formula is C17H22N2O2. The molecule has 1 aliphatic heterocycles. The van der Waals surface area contributed by atoms with Crippen LogP contribution in [0.15, 0.2) is 24.3 Å². The van der Waals surface area contributed by atoms with Crippen molar-refractivity contribution in [2.75, 3.05) is 12.0 Å². The number of rotatable bonds is 3. The molecule has 0 aromatic heterocycles. The highest BCUT2D eigenvalue weighted by atomic mass is 16.2. The highest BCUT2D eigenvalue weighted by Crippen LogP contribution is 2.40. The Morgan fingerprint density at radius 2 is 1.95 bits per heavy atom. The molecule has 2 aliphatic rings. The van der Waals surface area contributed by atoms with Crippen LogP contribution >= 0.6 is 0 Å². The molecule has 0 radical (unpaired) electrons. The number of nitrogens with one attached hydrogen (secondary N) is 1. The van der Waals surface area contributed by atoms with E-state index in [0.29, 0.717) is 5.92 Å². The predicted molar refractivity (Wildman–Crippen MR) is 81.5 cm³/mol. The first-order valence-electron chi connectivity index (χ1n) is 7.72. The Balaban J connectivity index is 1.68. The summed E-state index contributed by atoms with van der Waals surface area (Å²) in [5, 5.41) is 3.19. The highest BCUT2D eigenvalue weighted by Gasteiger charge is 2.49. The zero-order valence-corrected chi connectivity index (χ0v) is 12.6. The van der Waals surface area contributed by atoms with E-state index in [2.05, 4.69) is 12.2 Å². The fourth-order valence-corrected chi connectivity index (χ4v) is 3.54. The van der Waals surface area contributed by atoms with E-state index >= 15 is 0 Å². The first kappa shape index (κ1) is 14.1. The summed E-state index contributed by atoms with van der Waals surface area (Å²) in [6, 6.07) is 7.95. The molecule has 1 aliphatic carbocycles. The maximum atomic E-state index is 12.4. The molecule has 1 aromatic rings. The first-order valence-corrected chi connectivity index (χ1v) is 7.72. The van der Waals surface area contributed by atoms with Gasteiger partial charge in [0.2, 0.25) is 11.8 Å². The fraction of sp³-hybridized carbons (Fsp3) is 0.529. The van der Waals surface area contributed by atoms with Gasteiger partial charge in [-0.25, -0.2) is 0 Å². The number of aryl methyl sites for hydroxylation is 1. The van der Waals surface area contributed by atoms with E-state index < -0.39 is 0 Å². The topological polar surface area (TPSA) is 49.4 Å². The Morgan fingerprint density at radius 1 is 1.19 bits per heavy atom. The number of imide groups is 1. The number of benzene rings is 1. The van der Waals surface area contributed by atoms with Crippen molar-refractivity contribution in [3.63, 3.8) is 0 Å². The molecular weight excluding hydrogens is 264 g/mol. The number of nitrogens with zero attached hydrogens (tertiary/aromatic N) is 1. The monoisotopic (exact) mass is 286 g/mol. The van der Waals surface area contributed by atoms with Gasteiger partial charge in [-0.3, -0.25) is 14.5 Å². The number of anilines is 1. The van der Waals surface area contributed by atoms with Crippen molar-refractivity contribution in [1.82, 2.24) is 4.90 Å². The summed E-state index contributed by atoms with van der Waals surface area (Å²) in [7, 11) is 0. The van der Waals surface area contributed by atoms with E-state index in [4.69, 9.17) is 0 Å². The van der Waals surface area contributed by atoms with Crippen LogP contribution in [0.3, 0.4) is 0 Å². The van der Waals surface area contributed by atoms with Gasteiger partial charge in [-0.05, 0) is 49.8 Å². The molecule has 0 spiro atoms.